The largest absolute Gasteiger partial charge is 0.310 e. The molecule has 1 aliphatic rings. The molecule has 0 unspecified atom stereocenters. The van der Waals surface area contributed by atoms with Crippen molar-refractivity contribution in [1.29, 1.82) is 0 Å². The second-order valence-electron chi connectivity index (χ2n) is 5.84. The number of aromatic nitrogens is 2. The molecule has 8 heteroatoms. The van der Waals surface area contributed by atoms with Crippen molar-refractivity contribution in [3.8, 4) is 0 Å². The molecule has 0 bridgehead atoms. The molecule has 1 heterocycles. The monoisotopic (exact) mass is 315 g/mol. The molecule has 2 rings (SSSR count). The van der Waals surface area contributed by atoms with E-state index >= 15 is 0 Å². The zero-order chi connectivity index (χ0) is 15.5. The number of hydrogen-bond acceptors (Lipinski definition) is 5. The van der Waals surface area contributed by atoms with Crippen LogP contribution >= 0.6 is 0 Å². The van der Waals surface area contributed by atoms with Gasteiger partial charge in [-0.2, -0.15) is 5.10 Å². The minimum Gasteiger partial charge on any atom is -0.310 e. The van der Waals surface area contributed by atoms with Gasteiger partial charge in [-0.15, -0.1) is 0 Å². The van der Waals surface area contributed by atoms with E-state index in [0.29, 0.717) is 19.1 Å². The maximum atomic E-state index is 12.3. The van der Waals surface area contributed by atoms with Crippen LogP contribution in [0.15, 0.2) is 5.03 Å². The molecule has 3 N–H and O–H groups in total. The average molecular weight is 315 g/mol. The second-order valence-corrected chi connectivity index (χ2v) is 7.52. The van der Waals surface area contributed by atoms with Gasteiger partial charge in [0.1, 0.15) is 0 Å². The topological polar surface area (TPSA) is 90.1 Å². The van der Waals surface area contributed by atoms with E-state index in [1.165, 1.54) is 12.8 Å². The number of aryl methyl sites for hydroxylation is 1. The molecular weight excluding hydrogens is 290 g/mol. The maximum absolute atomic E-state index is 12.3. The lowest BCUT2D eigenvalue weighted by molar-refractivity contribution is 0.400. The van der Waals surface area contributed by atoms with Gasteiger partial charge in [0.15, 0.2) is 5.03 Å². The molecule has 1 fully saturated rings. The van der Waals surface area contributed by atoms with E-state index in [4.69, 9.17) is 0 Å². The summed E-state index contributed by atoms with van der Waals surface area (Å²) in [7, 11) is 0.385. The van der Waals surface area contributed by atoms with Crippen LogP contribution in [0.3, 0.4) is 0 Å². The number of aromatic amines is 1. The van der Waals surface area contributed by atoms with Crippen molar-refractivity contribution in [2.75, 3.05) is 27.2 Å². The van der Waals surface area contributed by atoms with Gasteiger partial charge in [0.05, 0.1) is 0 Å². The summed E-state index contributed by atoms with van der Waals surface area (Å²) in [5.41, 5.74) is 1.54. The highest BCUT2D eigenvalue weighted by atomic mass is 32.2. The first-order valence-electron chi connectivity index (χ1n) is 7.32. The molecule has 1 aromatic rings. The van der Waals surface area contributed by atoms with Crippen LogP contribution in [0, 0.1) is 6.92 Å². The molecule has 1 saturated carbocycles. The number of nitrogens with zero attached hydrogens (tertiary/aromatic N) is 2. The molecule has 0 radical (unpaired) electrons. The van der Waals surface area contributed by atoms with Gasteiger partial charge < -0.3 is 10.2 Å². The van der Waals surface area contributed by atoms with Crippen LogP contribution in [0.5, 0.6) is 0 Å². The van der Waals surface area contributed by atoms with Crippen molar-refractivity contribution in [1.82, 2.24) is 25.1 Å². The third kappa shape index (κ3) is 4.77. The smallest absolute Gasteiger partial charge is 0.260 e. The molecule has 1 aromatic heterocycles. The Morgan fingerprint density at radius 2 is 2.10 bits per heavy atom. The minimum atomic E-state index is -3.55. The number of hydrogen-bond donors (Lipinski definition) is 3. The molecule has 0 aromatic carbocycles. The first-order valence-corrected chi connectivity index (χ1v) is 8.80. The Hall–Kier alpha value is -0.960. The first-order chi connectivity index (χ1) is 9.90. The molecule has 0 spiro atoms. The Balaban J connectivity index is 1.97. The van der Waals surface area contributed by atoms with Crippen molar-refractivity contribution in [3.63, 3.8) is 0 Å². The third-order valence-corrected chi connectivity index (χ3v) is 4.94. The van der Waals surface area contributed by atoms with Crippen LogP contribution in [0.4, 0.5) is 0 Å². The Morgan fingerprint density at radius 3 is 2.71 bits per heavy atom. The SMILES string of the molecule is Cc1[nH]nc(S(=O)(=O)NCCCN(C)C)c1CNC1CC1. The lowest BCUT2D eigenvalue weighted by atomic mass is 10.2. The normalized spacial score (nSPS) is 15.8. The predicted octanol–water partition coefficient (Wildman–Crippen LogP) is 0.200. The Kier molecular flexibility index (Phi) is 5.37. The van der Waals surface area contributed by atoms with E-state index in [2.05, 4.69) is 20.2 Å². The number of H-pyrrole nitrogens is 1. The molecule has 21 heavy (non-hydrogen) atoms. The van der Waals surface area contributed by atoms with Crippen molar-refractivity contribution < 1.29 is 8.42 Å². The van der Waals surface area contributed by atoms with Crippen LogP contribution in [0.25, 0.3) is 0 Å². The fourth-order valence-electron chi connectivity index (χ4n) is 2.06. The summed E-state index contributed by atoms with van der Waals surface area (Å²) >= 11 is 0. The summed E-state index contributed by atoms with van der Waals surface area (Å²) in [6.07, 6.45) is 3.11. The summed E-state index contributed by atoms with van der Waals surface area (Å²) in [6.45, 7) is 3.66. The van der Waals surface area contributed by atoms with Gasteiger partial charge >= 0.3 is 0 Å². The molecule has 0 amide bonds. The molecule has 0 aliphatic heterocycles. The van der Waals surface area contributed by atoms with Gasteiger partial charge in [-0.1, -0.05) is 0 Å². The first kappa shape index (κ1) is 16.4. The van der Waals surface area contributed by atoms with Crippen molar-refractivity contribution in [3.05, 3.63) is 11.3 Å². The fourth-order valence-corrected chi connectivity index (χ4v) is 3.33. The lowest BCUT2D eigenvalue weighted by Gasteiger charge is -2.10. The van der Waals surface area contributed by atoms with E-state index in [0.717, 1.165) is 24.2 Å². The van der Waals surface area contributed by atoms with E-state index < -0.39 is 10.0 Å². The van der Waals surface area contributed by atoms with Crippen molar-refractivity contribution >= 4 is 10.0 Å². The molecule has 120 valence electrons. The number of rotatable bonds is 9. The third-order valence-electron chi connectivity index (χ3n) is 3.51. The van der Waals surface area contributed by atoms with Gasteiger partial charge in [-0.3, -0.25) is 5.10 Å². The standard InChI is InChI=1S/C13H25N5O2S/c1-10-12(9-14-11-5-6-11)13(17-16-10)21(19,20)15-7-4-8-18(2)3/h11,14-15H,4-9H2,1-3H3,(H,16,17). The van der Waals surface area contributed by atoms with Gasteiger partial charge in [0.25, 0.3) is 10.0 Å². The molecular formula is C13H25N5O2S. The Morgan fingerprint density at radius 1 is 1.38 bits per heavy atom. The average Bonchev–Trinajstić information content (AvgIpc) is 3.15. The van der Waals surface area contributed by atoms with Gasteiger partial charge in [-0.05, 0) is 46.8 Å². The highest BCUT2D eigenvalue weighted by molar-refractivity contribution is 7.89. The van der Waals surface area contributed by atoms with Crippen LogP contribution < -0.4 is 10.0 Å². The summed E-state index contributed by atoms with van der Waals surface area (Å²) < 4.78 is 27.3. The van der Waals surface area contributed by atoms with Gasteiger partial charge in [0, 0.05) is 30.4 Å². The number of sulfonamides is 1. The van der Waals surface area contributed by atoms with E-state index in [9.17, 15) is 8.42 Å². The molecule has 0 atom stereocenters. The number of nitrogens with one attached hydrogen (secondary N) is 3. The van der Waals surface area contributed by atoms with Crippen LogP contribution in [-0.4, -0.2) is 56.7 Å². The van der Waals surface area contributed by atoms with Crippen LogP contribution in [0.2, 0.25) is 0 Å². The Labute approximate surface area is 126 Å². The fraction of sp³-hybridized carbons (Fsp3) is 0.769. The summed E-state index contributed by atoms with van der Waals surface area (Å²) in [5, 5.41) is 10.2. The summed E-state index contributed by atoms with van der Waals surface area (Å²) in [5.74, 6) is 0. The highest BCUT2D eigenvalue weighted by Gasteiger charge is 2.26. The van der Waals surface area contributed by atoms with Crippen LogP contribution in [0.1, 0.15) is 30.5 Å². The van der Waals surface area contributed by atoms with Gasteiger partial charge in [0.2, 0.25) is 0 Å². The molecule has 0 saturated heterocycles. The second kappa shape index (κ2) is 6.87. The van der Waals surface area contributed by atoms with Crippen molar-refractivity contribution in [2.45, 2.75) is 43.8 Å². The highest BCUT2D eigenvalue weighted by Crippen LogP contribution is 2.21. The maximum Gasteiger partial charge on any atom is 0.260 e. The lowest BCUT2D eigenvalue weighted by Crippen LogP contribution is -2.29. The quantitative estimate of drug-likeness (QED) is 0.566. The van der Waals surface area contributed by atoms with E-state index in [1.807, 2.05) is 25.9 Å². The molecule has 1 aliphatic carbocycles. The van der Waals surface area contributed by atoms with Gasteiger partial charge in [-0.25, -0.2) is 13.1 Å². The van der Waals surface area contributed by atoms with Crippen molar-refractivity contribution in [2.24, 2.45) is 0 Å². The minimum absolute atomic E-state index is 0.123. The predicted molar refractivity (Wildman–Crippen MR) is 81.5 cm³/mol. The summed E-state index contributed by atoms with van der Waals surface area (Å²) in [6, 6.07) is 0.530. The zero-order valence-electron chi connectivity index (χ0n) is 12.9. The summed E-state index contributed by atoms with van der Waals surface area (Å²) in [4.78, 5) is 2.03. The van der Waals surface area contributed by atoms with E-state index in [1.54, 1.807) is 0 Å². The van der Waals surface area contributed by atoms with Crippen LogP contribution in [-0.2, 0) is 16.6 Å². The Bertz CT molecular complexity index is 563. The molecule has 7 nitrogen and oxygen atoms in total. The van der Waals surface area contributed by atoms with E-state index in [-0.39, 0.29) is 5.03 Å². The zero-order valence-corrected chi connectivity index (χ0v) is 13.8.